The SMILES string of the molecule is CN(C)C(=O)n1cc2c(n1)-c1ccc(Cl)cc1C(c1ccccc1Cl)=NC2. The molecular formula is C20H16Cl2N4O. The van der Waals surface area contributed by atoms with Gasteiger partial charge < -0.3 is 4.90 Å². The average Bonchev–Trinajstić information content (AvgIpc) is 3.00. The molecule has 7 heteroatoms. The topological polar surface area (TPSA) is 50.5 Å². The lowest BCUT2D eigenvalue weighted by atomic mass is 9.95. The van der Waals surface area contributed by atoms with Crippen LogP contribution in [0.25, 0.3) is 11.3 Å². The number of nitrogens with zero attached hydrogens (tertiary/aromatic N) is 4. The van der Waals surface area contributed by atoms with Crippen LogP contribution in [-0.2, 0) is 6.54 Å². The molecule has 0 bridgehead atoms. The minimum atomic E-state index is -0.214. The zero-order valence-corrected chi connectivity index (χ0v) is 16.3. The molecule has 5 nitrogen and oxygen atoms in total. The van der Waals surface area contributed by atoms with E-state index in [0.717, 1.165) is 33.7 Å². The van der Waals surface area contributed by atoms with Crippen molar-refractivity contribution in [2.75, 3.05) is 14.1 Å². The van der Waals surface area contributed by atoms with Gasteiger partial charge in [0.05, 0.1) is 18.0 Å². The summed E-state index contributed by atoms with van der Waals surface area (Å²) < 4.78 is 1.35. The highest BCUT2D eigenvalue weighted by Gasteiger charge is 2.24. The minimum Gasteiger partial charge on any atom is -0.329 e. The average molecular weight is 399 g/mol. The second-order valence-corrected chi connectivity index (χ2v) is 7.30. The van der Waals surface area contributed by atoms with Crippen molar-refractivity contribution >= 4 is 34.9 Å². The molecule has 0 spiro atoms. The largest absolute Gasteiger partial charge is 0.344 e. The van der Waals surface area contributed by atoms with Gasteiger partial charge in [-0.3, -0.25) is 4.99 Å². The molecule has 2 heterocycles. The summed E-state index contributed by atoms with van der Waals surface area (Å²) in [6.45, 7) is 0.392. The number of hydrogen-bond acceptors (Lipinski definition) is 3. The number of amides is 1. The van der Waals surface area contributed by atoms with Crippen molar-refractivity contribution in [2.45, 2.75) is 6.54 Å². The van der Waals surface area contributed by atoms with E-state index in [2.05, 4.69) is 5.10 Å². The Hall–Kier alpha value is -2.63. The predicted molar refractivity (Wildman–Crippen MR) is 108 cm³/mol. The van der Waals surface area contributed by atoms with Crippen molar-refractivity contribution in [3.8, 4) is 11.3 Å². The number of carbonyl (C=O) groups excluding carboxylic acids is 1. The molecule has 0 saturated carbocycles. The van der Waals surface area contributed by atoms with E-state index in [1.165, 1.54) is 9.58 Å². The molecule has 0 radical (unpaired) electrons. The summed E-state index contributed by atoms with van der Waals surface area (Å²) in [5.74, 6) is 0. The molecule has 136 valence electrons. The van der Waals surface area contributed by atoms with Crippen LogP contribution in [0.1, 0.15) is 16.7 Å². The van der Waals surface area contributed by atoms with E-state index in [1.807, 2.05) is 42.5 Å². The minimum absolute atomic E-state index is 0.214. The Morgan fingerprint density at radius 2 is 1.85 bits per heavy atom. The van der Waals surface area contributed by atoms with Crippen LogP contribution in [-0.4, -0.2) is 40.5 Å². The van der Waals surface area contributed by atoms with Gasteiger partial charge in [0, 0.05) is 52.6 Å². The smallest absolute Gasteiger partial charge is 0.329 e. The predicted octanol–water partition coefficient (Wildman–Crippen LogP) is 4.74. The number of fused-ring (bicyclic) bond motifs is 3. The Kier molecular flexibility index (Phi) is 4.50. The van der Waals surface area contributed by atoms with Gasteiger partial charge in [-0.25, -0.2) is 4.79 Å². The van der Waals surface area contributed by atoms with Gasteiger partial charge in [0.1, 0.15) is 0 Å². The number of carbonyl (C=O) groups is 1. The molecule has 2 aromatic carbocycles. The monoisotopic (exact) mass is 398 g/mol. The molecule has 0 saturated heterocycles. The van der Waals surface area contributed by atoms with Crippen LogP contribution in [0, 0.1) is 0 Å². The molecule has 1 aliphatic heterocycles. The first-order chi connectivity index (χ1) is 13.0. The Morgan fingerprint density at radius 1 is 1.07 bits per heavy atom. The second-order valence-electron chi connectivity index (χ2n) is 6.46. The first-order valence-corrected chi connectivity index (χ1v) is 9.11. The molecule has 27 heavy (non-hydrogen) atoms. The molecule has 0 unspecified atom stereocenters. The van der Waals surface area contributed by atoms with Crippen molar-refractivity contribution < 1.29 is 4.79 Å². The Bertz CT molecular complexity index is 1090. The molecule has 0 aliphatic carbocycles. The molecule has 0 atom stereocenters. The fourth-order valence-electron chi connectivity index (χ4n) is 3.11. The van der Waals surface area contributed by atoms with E-state index in [-0.39, 0.29) is 6.03 Å². The van der Waals surface area contributed by atoms with E-state index in [1.54, 1.807) is 20.3 Å². The molecule has 1 aromatic heterocycles. The van der Waals surface area contributed by atoms with Crippen molar-refractivity contribution in [2.24, 2.45) is 4.99 Å². The van der Waals surface area contributed by atoms with Crippen LogP contribution in [0.5, 0.6) is 0 Å². The first kappa shape index (κ1) is 17.8. The van der Waals surface area contributed by atoms with Gasteiger partial charge in [-0.1, -0.05) is 47.5 Å². The molecule has 1 aliphatic rings. The number of hydrogen-bond donors (Lipinski definition) is 0. The third kappa shape index (κ3) is 3.13. The summed E-state index contributed by atoms with van der Waals surface area (Å²) >= 11 is 12.7. The highest BCUT2D eigenvalue weighted by Crippen LogP contribution is 2.34. The van der Waals surface area contributed by atoms with Crippen molar-refractivity contribution in [3.05, 3.63) is 75.4 Å². The Labute approximate surface area is 166 Å². The molecular weight excluding hydrogens is 383 g/mol. The van der Waals surface area contributed by atoms with E-state index in [4.69, 9.17) is 28.2 Å². The lowest BCUT2D eigenvalue weighted by Gasteiger charge is -2.12. The van der Waals surface area contributed by atoms with Gasteiger partial charge in [0.25, 0.3) is 0 Å². The summed E-state index contributed by atoms with van der Waals surface area (Å²) in [6.07, 6.45) is 1.73. The first-order valence-electron chi connectivity index (χ1n) is 8.35. The fourth-order valence-corrected chi connectivity index (χ4v) is 3.50. The number of aromatic nitrogens is 2. The van der Waals surface area contributed by atoms with E-state index in [9.17, 15) is 4.79 Å². The maximum Gasteiger partial charge on any atom is 0.344 e. The Morgan fingerprint density at radius 3 is 2.59 bits per heavy atom. The van der Waals surface area contributed by atoms with Crippen molar-refractivity contribution in [1.82, 2.24) is 14.7 Å². The van der Waals surface area contributed by atoms with Crippen molar-refractivity contribution in [1.29, 1.82) is 0 Å². The lowest BCUT2D eigenvalue weighted by Crippen LogP contribution is -2.27. The normalized spacial score (nSPS) is 12.7. The van der Waals surface area contributed by atoms with Crippen LogP contribution in [0.4, 0.5) is 4.79 Å². The molecule has 0 N–H and O–H groups in total. The summed E-state index contributed by atoms with van der Waals surface area (Å²) in [5, 5.41) is 5.75. The number of rotatable bonds is 1. The lowest BCUT2D eigenvalue weighted by molar-refractivity contribution is 0.216. The third-order valence-electron chi connectivity index (χ3n) is 4.40. The number of aliphatic imine (C=N–C) groups is 1. The van der Waals surface area contributed by atoms with E-state index in [0.29, 0.717) is 16.6 Å². The van der Waals surface area contributed by atoms with Crippen molar-refractivity contribution in [3.63, 3.8) is 0 Å². The van der Waals surface area contributed by atoms with E-state index >= 15 is 0 Å². The number of benzene rings is 2. The summed E-state index contributed by atoms with van der Waals surface area (Å²) in [7, 11) is 3.38. The molecule has 4 rings (SSSR count). The third-order valence-corrected chi connectivity index (χ3v) is 4.96. The zero-order chi connectivity index (χ0) is 19.1. The Balaban J connectivity index is 1.93. The summed E-state index contributed by atoms with van der Waals surface area (Å²) in [6, 6.07) is 12.9. The van der Waals surface area contributed by atoms with Gasteiger partial charge in [-0.2, -0.15) is 9.78 Å². The van der Waals surface area contributed by atoms with Crippen LogP contribution in [0.3, 0.4) is 0 Å². The maximum absolute atomic E-state index is 12.3. The standard InChI is InChI=1S/C20H16Cl2N4O/c1-25(2)20(27)26-11-12-10-23-19(15-5-3-4-6-17(15)22)16-9-13(21)7-8-14(16)18(12)24-26/h3-9,11H,10H2,1-2H3. The zero-order valence-electron chi connectivity index (χ0n) is 14.8. The van der Waals surface area contributed by atoms with Crippen LogP contribution in [0.2, 0.25) is 10.0 Å². The van der Waals surface area contributed by atoms with Crippen LogP contribution < -0.4 is 0 Å². The summed E-state index contributed by atoms with van der Waals surface area (Å²) in [4.78, 5) is 18.6. The number of halogens is 2. The van der Waals surface area contributed by atoms with Gasteiger partial charge in [-0.15, -0.1) is 0 Å². The van der Waals surface area contributed by atoms with Gasteiger partial charge >= 0.3 is 6.03 Å². The van der Waals surface area contributed by atoms with Gasteiger partial charge in [0.2, 0.25) is 0 Å². The highest BCUT2D eigenvalue weighted by atomic mass is 35.5. The summed E-state index contributed by atoms with van der Waals surface area (Å²) in [5.41, 5.74) is 4.91. The molecule has 1 amide bonds. The van der Waals surface area contributed by atoms with Crippen LogP contribution in [0.15, 0.2) is 53.7 Å². The second kappa shape index (κ2) is 6.83. The fraction of sp³-hybridized carbons (Fsp3) is 0.150. The molecule has 0 fully saturated rings. The van der Waals surface area contributed by atoms with Crippen LogP contribution >= 0.6 is 23.2 Å². The molecule has 3 aromatic rings. The highest BCUT2D eigenvalue weighted by molar-refractivity contribution is 6.36. The van der Waals surface area contributed by atoms with Gasteiger partial charge in [0.15, 0.2) is 0 Å². The van der Waals surface area contributed by atoms with Gasteiger partial charge in [-0.05, 0) is 18.2 Å². The maximum atomic E-state index is 12.3. The quantitative estimate of drug-likeness (QED) is 0.594. The van der Waals surface area contributed by atoms with E-state index < -0.39 is 0 Å².